The lowest BCUT2D eigenvalue weighted by Gasteiger charge is -2.21. The smallest absolute Gasteiger partial charge is 0.298 e. The van der Waals surface area contributed by atoms with Gasteiger partial charge < -0.3 is 15.0 Å². The molecule has 0 radical (unpaired) electrons. The summed E-state index contributed by atoms with van der Waals surface area (Å²) < 4.78 is 55.9. The van der Waals surface area contributed by atoms with Crippen LogP contribution in [0.3, 0.4) is 0 Å². The summed E-state index contributed by atoms with van der Waals surface area (Å²) in [7, 11) is -2.66. The number of halogens is 3. The molecule has 3 rings (SSSR count). The molecule has 2 N–H and O–H groups in total. The van der Waals surface area contributed by atoms with Gasteiger partial charge in [-0.05, 0) is 26.0 Å². The molecule has 0 unspecified atom stereocenters. The van der Waals surface area contributed by atoms with Crippen LogP contribution in [-0.4, -0.2) is 39.0 Å². The van der Waals surface area contributed by atoms with Crippen LogP contribution in [0, 0.1) is 12.7 Å². The van der Waals surface area contributed by atoms with Crippen molar-refractivity contribution in [3.63, 3.8) is 0 Å². The first-order valence-electron chi connectivity index (χ1n) is 10.3. The van der Waals surface area contributed by atoms with Gasteiger partial charge in [0.15, 0.2) is 0 Å². The number of rotatable bonds is 8. The predicted molar refractivity (Wildman–Crippen MR) is 120 cm³/mol. The number of alkyl halides is 2. The number of aliphatic hydroxyl groups excluding tert-OH is 1. The van der Waals surface area contributed by atoms with Gasteiger partial charge in [-0.2, -0.15) is 8.78 Å². The number of aliphatic hydroxyl groups is 1. The number of pyridine rings is 1. The Labute approximate surface area is 184 Å². The molecule has 0 fully saturated rings. The number of nitrogens with zero attached hydrogens (tertiary/aromatic N) is 3. The van der Waals surface area contributed by atoms with Crippen molar-refractivity contribution >= 4 is 29.3 Å². The SMILES string of the molecule is CCP(=O)(CC)c1cc2c(N[C@H](C)c3cccc(C(F)(F)CO)c3F)nc(C)nc2cn1. The van der Waals surface area contributed by atoms with Crippen LogP contribution in [0.4, 0.5) is 19.0 Å². The van der Waals surface area contributed by atoms with Crippen molar-refractivity contribution in [2.24, 2.45) is 0 Å². The van der Waals surface area contributed by atoms with Crippen LogP contribution in [0.15, 0.2) is 30.5 Å². The van der Waals surface area contributed by atoms with Crippen molar-refractivity contribution in [1.82, 2.24) is 15.0 Å². The highest BCUT2D eigenvalue weighted by Gasteiger charge is 2.35. The summed E-state index contributed by atoms with van der Waals surface area (Å²) in [5, 5.41) is 12.6. The highest BCUT2D eigenvalue weighted by Crippen LogP contribution is 2.43. The zero-order valence-corrected chi connectivity index (χ0v) is 19.3. The van der Waals surface area contributed by atoms with Crippen LogP contribution in [0.25, 0.3) is 10.9 Å². The largest absolute Gasteiger partial charge is 0.390 e. The van der Waals surface area contributed by atoms with E-state index in [-0.39, 0.29) is 5.56 Å². The van der Waals surface area contributed by atoms with Gasteiger partial charge in [0.1, 0.15) is 36.6 Å². The number of fused-ring (bicyclic) bond motifs is 1. The van der Waals surface area contributed by atoms with E-state index in [1.807, 2.05) is 13.8 Å². The van der Waals surface area contributed by atoms with E-state index in [4.69, 9.17) is 5.11 Å². The molecule has 0 spiro atoms. The molecule has 3 aromatic rings. The minimum atomic E-state index is -3.69. The number of aryl methyl sites for hydroxylation is 1. The van der Waals surface area contributed by atoms with E-state index in [2.05, 4.69) is 20.3 Å². The maximum atomic E-state index is 14.9. The van der Waals surface area contributed by atoms with Crippen LogP contribution >= 0.6 is 7.14 Å². The summed E-state index contributed by atoms with van der Waals surface area (Å²) in [4.78, 5) is 13.1. The number of nitrogens with one attached hydrogen (secondary N) is 1. The van der Waals surface area contributed by atoms with Gasteiger partial charge in [-0.25, -0.2) is 14.4 Å². The second kappa shape index (κ2) is 9.16. The van der Waals surface area contributed by atoms with Crippen LogP contribution in [0.5, 0.6) is 0 Å². The molecule has 0 aliphatic carbocycles. The molecule has 32 heavy (non-hydrogen) atoms. The van der Waals surface area contributed by atoms with Gasteiger partial charge in [-0.3, -0.25) is 4.98 Å². The summed E-state index contributed by atoms with van der Waals surface area (Å²) in [6.07, 6.45) is 2.46. The molecule has 1 aromatic carbocycles. The van der Waals surface area contributed by atoms with E-state index in [0.717, 1.165) is 6.07 Å². The molecule has 1 atom stereocenters. The topological polar surface area (TPSA) is 88.0 Å². The summed E-state index contributed by atoms with van der Waals surface area (Å²) in [5.41, 5.74) is 0.125. The first-order valence-corrected chi connectivity index (χ1v) is 12.4. The van der Waals surface area contributed by atoms with E-state index < -0.39 is 37.1 Å². The lowest BCUT2D eigenvalue weighted by Crippen LogP contribution is -2.22. The molecule has 0 aliphatic heterocycles. The van der Waals surface area contributed by atoms with E-state index in [1.165, 1.54) is 18.3 Å². The van der Waals surface area contributed by atoms with Gasteiger partial charge in [0.2, 0.25) is 0 Å². The first kappa shape index (κ1) is 24.1. The van der Waals surface area contributed by atoms with Crippen molar-refractivity contribution in [2.75, 3.05) is 24.2 Å². The van der Waals surface area contributed by atoms with Crippen LogP contribution in [0.2, 0.25) is 0 Å². The Balaban J connectivity index is 2.07. The van der Waals surface area contributed by atoms with Gasteiger partial charge in [-0.1, -0.05) is 26.0 Å². The highest BCUT2D eigenvalue weighted by atomic mass is 31.2. The summed E-state index contributed by atoms with van der Waals surface area (Å²) in [6, 6.07) is 4.62. The van der Waals surface area contributed by atoms with Crippen LogP contribution in [-0.2, 0) is 10.5 Å². The normalized spacial score (nSPS) is 13.4. The molecule has 0 aliphatic rings. The molecule has 0 saturated heterocycles. The Kier molecular flexibility index (Phi) is 6.91. The third kappa shape index (κ3) is 4.50. The van der Waals surface area contributed by atoms with Crippen LogP contribution < -0.4 is 10.8 Å². The second-order valence-electron chi connectivity index (χ2n) is 7.64. The molecule has 0 saturated carbocycles. The van der Waals surface area contributed by atoms with E-state index in [0.29, 0.717) is 40.3 Å². The predicted octanol–water partition coefficient (Wildman–Crippen LogP) is 4.76. The fourth-order valence-electron chi connectivity index (χ4n) is 3.55. The molecule has 172 valence electrons. The average molecular weight is 466 g/mol. The zero-order valence-electron chi connectivity index (χ0n) is 18.4. The number of benzene rings is 1. The van der Waals surface area contributed by atoms with E-state index in [1.54, 1.807) is 19.9 Å². The van der Waals surface area contributed by atoms with Crippen molar-refractivity contribution in [1.29, 1.82) is 0 Å². The van der Waals surface area contributed by atoms with Crippen molar-refractivity contribution in [3.8, 4) is 0 Å². The molecule has 2 aromatic heterocycles. The fraction of sp³-hybridized carbons (Fsp3) is 0.409. The van der Waals surface area contributed by atoms with Crippen molar-refractivity contribution < 1.29 is 22.8 Å². The molecule has 0 amide bonds. The second-order valence-corrected chi connectivity index (χ2v) is 11.1. The Bertz CT molecular complexity index is 1180. The Hall–Kier alpha value is -2.51. The van der Waals surface area contributed by atoms with Crippen molar-refractivity contribution in [2.45, 2.75) is 39.7 Å². The van der Waals surface area contributed by atoms with Gasteiger partial charge in [0.05, 0.1) is 23.3 Å². The van der Waals surface area contributed by atoms with Crippen LogP contribution in [0.1, 0.15) is 43.8 Å². The third-order valence-corrected chi connectivity index (χ3v) is 8.68. The summed E-state index contributed by atoms with van der Waals surface area (Å²) in [6.45, 7) is 5.51. The lowest BCUT2D eigenvalue weighted by molar-refractivity contribution is -0.0583. The number of hydrogen-bond acceptors (Lipinski definition) is 6. The third-order valence-electron chi connectivity index (χ3n) is 5.56. The molecular formula is C22H26F3N4O2P. The molecule has 6 nitrogen and oxygen atoms in total. The molecule has 0 bridgehead atoms. The summed E-state index contributed by atoms with van der Waals surface area (Å²) in [5.74, 6) is -3.98. The Morgan fingerprint density at radius 1 is 1.22 bits per heavy atom. The maximum Gasteiger partial charge on any atom is 0.298 e. The van der Waals surface area contributed by atoms with E-state index in [9.17, 15) is 17.7 Å². The van der Waals surface area contributed by atoms with Crippen molar-refractivity contribution in [3.05, 3.63) is 53.2 Å². The summed E-state index contributed by atoms with van der Waals surface area (Å²) >= 11 is 0. The molecule has 2 heterocycles. The molecule has 10 heteroatoms. The fourth-order valence-corrected chi connectivity index (χ4v) is 5.28. The van der Waals surface area contributed by atoms with Gasteiger partial charge in [0, 0.05) is 23.3 Å². The first-order chi connectivity index (χ1) is 15.1. The van der Waals surface area contributed by atoms with E-state index >= 15 is 0 Å². The van der Waals surface area contributed by atoms with Gasteiger partial charge in [-0.15, -0.1) is 0 Å². The van der Waals surface area contributed by atoms with Gasteiger partial charge in [0.25, 0.3) is 5.92 Å². The average Bonchev–Trinajstić information content (AvgIpc) is 2.78. The molecular weight excluding hydrogens is 440 g/mol. The highest BCUT2D eigenvalue weighted by molar-refractivity contribution is 7.71. The zero-order chi connectivity index (χ0) is 23.7. The lowest BCUT2D eigenvalue weighted by atomic mass is 10.00. The quantitative estimate of drug-likeness (QED) is 0.466. The minimum absolute atomic E-state index is 0.00195. The monoisotopic (exact) mass is 466 g/mol. The maximum absolute atomic E-state index is 14.9. The Morgan fingerprint density at radius 3 is 2.53 bits per heavy atom. The number of hydrogen-bond donors (Lipinski definition) is 2. The number of anilines is 1. The minimum Gasteiger partial charge on any atom is -0.390 e. The number of aromatic nitrogens is 3. The standard InChI is InChI=1S/C22H26F3N4O2P/c1-5-32(31,6-2)19-10-16-18(11-26-19)28-14(4)29-21(16)27-13(3)15-8-7-9-17(20(15)23)22(24,25)12-30/h7-11,13,30H,5-6,12H2,1-4H3,(H,27,28,29)/t13-/m1/s1. The Morgan fingerprint density at radius 2 is 1.91 bits per heavy atom. The van der Waals surface area contributed by atoms with Gasteiger partial charge >= 0.3 is 0 Å².